The average molecular weight is 616 g/mol. The van der Waals surface area contributed by atoms with E-state index in [0.717, 1.165) is 0 Å². The van der Waals surface area contributed by atoms with Gasteiger partial charge in [-0.05, 0) is 48.6 Å². The Balaban J connectivity index is 1.69. The molecule has 2 aliphatic heterocycles. The van der Waals surface area contributed by atoms with Crippen LogP contribution in [0.3, 0.4) is 0 Å². The molecule has 0 bridgehead atoms. The molecule has 0 aromatic heterocycles. The van der Waals surface area contributed by atoms with E-state index in [1.165, 1.54) is 49.2 Å². The van der Waals surface area contributed by atoms with E-state index in [1.807, 2.05) is 4.90 Å². The van der Waals surface area contributed by atoms with Gasteiger partial charge in [0.25, 0.3) is 17.5 Å². The van der Waals surface area contributed by atoms with Crippen LogP contribution in [0.1, 0.15) is 12.5 Å². The number of methoxy groups -OCH3 is 2. The smallest absolute Gasteiger partial charge is 0.270 e. The largest absolute Gasteiger partial charge is 0.495 e. The van der Waals surface area contributed by atoms with Crippen LogP contribution < -0.4 is 24.2 Å². The van der Waals surface area contributed by atoms with Gasteiger partial charge in [0.05, 0.1) is 30.5 Å². The van der Waals surface area contributed by atoms with Gasteiger partial charge in [0.1, 0.15) is 17.1 Å². The molecule has 226 valence electrons. The maximum absolute atomic E-state index is 14.2. The van der Waals surface area contributed by atoms with Crippen LogP contribution in [0.25, 0.3) is 6.08 Å². The third-order valence-corrected chi connectivity index (χ3v) is 7.85. The quantitative estimate of drug-likeness (QED) is 0.127. The molecule has 0 radical (unpaired) electrons. The molecule has 3 amide bonds. The number of carbonyl (C=O) groups is 3. The first-order chi connectivity index (χ1) is 21.2. The molecule has 0 aliphatic carbocycles. The fourth-order valence-electron chi connectivity index (χ4n) is 5.26. The van der Waals surface area contributed by atoms with Gasteiger partial charge in [-0.2, -0.15) is 0 Å². The van der Waals surface area contributed by atoms with Crippen LogP contribution in [0.15, 0.2) is 72.3 Å². The van der Waals surface area contributed by atoms with Crippen LogP contribution in [-0.2, 0) is 14.4 Å². The second-order valence-electron chi connectivity index (χ2n) is 9.96. The summed E-state index contributed by atoms with van der Waals surface area (Å²) in [5.74, 6) is -0.811. The second kappa shape index (κ2) is 12.5. The Kier molecular flexibility index (Phi) is 8.58. The average Bonchev–Trinajstić information content (AvgIpc) is 3.03. The molecule has 2 aliphatic rings. The molecule has 0 spiro atoms. The van der Waals surface area contributed by atoms with Crippen LogP contribution in [0.4, 0.5) is 22.7 Å². The van der Waals surface area contributed by atoms with Crippen molar-refractivity contribution in [3.05, 3.63) is 88.0 Å². The molecule has 2 saturated heterocycles. The number of nitro benzene ring substituents is 1. The minimum atomic E-state index is -0.727. The fourth-order valence-corrected chi connectivity index (χ4v) is 5.62. The number of amides is 3. The highest BCUT2D eigenvalue weighted by atomic mass is 32.1. The van der Waals surface area contributed by atoms with Crippen molar-refractivity contribution in [3.63, 3.8) is 0 Å². The summed E-state index contributed by atoms with van der Waals surface area (Å²) in [5.41, 5.74) is 0.996. The van der Waals surface area contributed by atoms with Gasteiger partial charge >= 0.3 is 0 Å². The van der Waals surface area contributed by atoms with Crippen molar-refractivity contribution < 1.29 is 28.8 Å². The number of ether oxygens (including phenoxy) is 2. The van der Waals surface area contributed by atoms with Crippen molar-refractivity contribution in [1.82, 2.24) is 4.90 Å². The Labute approximate surface area is 258 Å². The van der Waals surface area contributed by atoms with Crippen LogP contribution in [0.5, 0.6) is 11.5 Å². The number of hydrogen-bond acceptors (Lipinski definition) is 9. The number of benzene rings is 3. The van der Waals surface area contributed by atoms with Gasteiger partial charge in [0, 0.05) is 56.5 Å². The van der Waals surface area contributed by atoms with Crippen molar-refractivity contribution in [2.24, 2.45) is 0 Å². The molecule has 2 heterocycles. The van der Waals surface area contributed by atoms with Crippen molar-refractivity contribution >= 4 is 63.9 Å². The summed E-state index contributed by atoms with van der Waals surface area (Å²) in [7, 11) is 2.91. The molecule has 3 aromatic rings. The highest BCUT2D eigenvalue weighted by molar-refractivity contribution is 7.81. The second-order valence-corrected chi connectivity index (χ2v) is 10.3. The highest BCUT2D eigenvalue weighted by Gasteiger charge is 2.43. The summed E-state index contributed by atoms with van der Waals surface area (Å²) < 4.78 is 11.0. The molecule has 5 rings (SSSR count). The Morgan fingerprint density at radius 3 is 1.84 bits per heavy atom. The number of nitrogens with zero attached hydrogens (tertiary/aromatic N) is 5. The number of para-hydroxylation sites is 4. The third kappa shape index (κ3) is 5.56. The minimum Gasteiger partial charge on any atom is -0.495 e. The summed E-state index contributed by atoms with van der Waals surface area (Å²) in [6.45, 7) is 3.33. The normalized spacial score (nSPS) is 15.4. The molecule has 0 saturated carbocycles. The predicted octanol–water partition coefficient (Wildman–Crippen LogP) is 4.03. The van der Waals surface area contributed by atoms with E-state index in [-0.39, 0.29) is 22.3 Å². The standard InChI is InChI=1S/C31H29N5O7S/c1-20(37)32-14-16-33(17-15-32)24-13-12-22(36(40)41)18-21(24)19-23-29(38)34(25-8-4-6-10-27(25)42-2)31(44)35(30(23)39)26-9-5-7-11-28(26)43-3/h4-13,18-19H,14-17H2,1-3H3. The zero-order valence-electron chi connectivity index (χ0n) is 24.3. The Morgan fingerprint density at radius 1 is 0.841 bits per heavy atom. The van der Waals surface area contributed by atoms with Gasteiger partial charge in [-0.1, -0.05) is 24.3 Å². The van der Waals surface area contributed by atoms with Crippen LogP contribution in [0.2, 0.25) is 0 Å². The molecular weight excluding hydrogens is 586 g/mol. The van der Waals surface area contributed by atoms with E-state index in [0.29, 0.717) is 60.3 Å². The van der Waals surface area contributed by atoms with E-state index in [1.54, 1.807) is 59.5 Å². The van der Waals surface area contributed by atoms with Crippen LogP contribution in [-0.4, -0.2) is 73.1 Å². The number of nitro groups is 1. The van der Waals surface area contributed by atoms with Crippen LogP contribution >= 0.6 is 12.2 Å². The summed E-state index contributed by atoms with van der Waals surface area (Å²) >= 11 is 5.76. The molecule has 0 N–H and O–H groups in total. The number of hydrogen-bond donors (Lipinski definition) is 0. The van der Waals surface area contributed by atoms with E-state index >= 15 is 0 Å². The van der Waals surface area contributed by atoms with Gasteiger partial charge < -0.3 is 19.3 Å². The van der Waals surface area contributed by atoms with Gasteiger partial charge in [0.15, 0.2) is 5.11 Å². The lowest BCUT2D eigenvalue weighted by molar-refractivity contribution is -0.384. The first kappa shape index (κ1) is 30.2. The number of anilines is 3. The molecular formula is C31H29N5O7S. The molecule has 44 heavy (non-hydrogen) atoms. The fraction of sp³-hybridized carbons (Fsp3) is 0.226. The topological polar surface area (TPSA) is 126 Å². The van der Waals surface area contributed by atoms with Gasteiger partial charge in [0.2, 0.25) is 5.91 Å². The number of thiocarbonyl (C=S) groups is 1. The summed E-state index contributed by atoms with van der Waals surface area (Å²) in [4.78, 5) is 57.6. The number of carbonyl (C=O) groups excluding carboxylic acids is 3. The Hall–Kier alpha value is -5.30. The number of rotatable bonds is 7. The maximum Gasteiger partial charge on any atom is 0.270 e. The predicted molar refractivity (Wildman–Crippen MR) is 169 cm³/mol. The summed E-state index contributed by atoms with van der Waals surface area (Å²) in [5, 5.41) is 11.6. The zero-order valence-corrected chi connectivity index (χ0v) is 25.1. The van der Waals surface area contributed by atoms with Crippen LogP contribution in [0, 0.1) is 10.1 Å². The van der Waals surface area contributed by atoms with E-state index in [2.05, 4.69) is 0 Å². The lowest BCUT2D eigenvalue weighted by atomic mass is 10.0. The summed E-state index contributed by atoms with van der Waals surface area (Å²) in [6.07, 6.45) is 1.36. The molecule has 3 aromatic carbocycles. The molecule has 13 heteroatoms. The molecule has 2 fully saturated rings. The Bertz CT molecular complexity index is 1630. The van der Waals surface area contributed by atoms with E-state index < -0.39 is 16.7 Å². The lowest BCUT2D eigenvalue weighted by Crippen LogP contribution is -2.57. The lowest BCUT2D eigenvalue weighted by Gasteiger charge is -2.38. The monoisotopic (exact) mass is 615 g/mol. The first-order valence-electron chi connectivity index (χ1n) is 13.7. The molecule has 0 unspecified atom stereocenters. The first-order valence-corrected chi connectivity index (χ1v) is 14.1. The summed E-state index contributed by atoms with van der Waals surface area (Å²) in [6, 6.07) is 17.8. The third-order valence-electron chi connectivity index (χ3n) is 7.49. The minimum absolute atomic E-state index is 0.0436. The van der Waals surface area contributed by atoms with Crippen molar-refractivity contribution in [2.75, 3.05) is 55.1 Å². The maximum atomic E-state index is 14.2. The SMILES string of the molecule is COc1ccccc1N1C(=O)C(=Cc2cc([N+](=O)[O-])ccc2N2CCN(C(C)=O)CC2)C(=O)N(c2ccccc2OC)C1=S. The zero-order chi connectivity index (χ0) is 31.5. The van der Waals surface area contributed by atoms with Crippen molar-refractivity contribution in [3.8, 4) is 11.5 Å². The van der Waals surface area contributed by atoms with Gasteiger partial charge in [-0.15, -0.1) is 0 Å². The van der Waals surface area contributed by atoms with Crippen molar-refractivity contribution in [2.45, 2.75) is 6.92 Å². The molecule has 0 atom stereocenters. The Morgan fingerprint density at radius 2 is 1.36 bits per heavy atom. The number of non-ortho nitro benzene ring substituents is 1. The van der Waals surface area contributed by atoms with E-state index in [4.69, 9.17) is 21.7 Å². The highest BCUT2D eigenvalue weighted by Crippen LogP contribution is 2.38. The van der Waals surface area contributed by atoms with Crippen molar-refractivity contribution in [1.29, 1.82) is 0 Å². The number of piperazine rings is 1. The van der Waals surface area contributed by atoms with Gasteiger partial charge in [-0.3, -0.25) is 24.5 Å². The van der Waals surface area contributed by atoms with E-state index in [9.17, 15) is 24.5 Å². The van der Waals surface area contributed by atoms with Gasteiger partial charge in [-0.25, -0.2) is 9.80 Å². The molecule has 12 nitrogen and oxygen atoms in total.